The average Bonchev–Trinajstić information content (AvgIpc) is 3.42. The first-order valence-electron chi connectivity index (χ1n) is 13.7. The topological polar surface area (TPSA) is 44.8 Å². The summed E-state index contributed by atoms with van der Waals surface area (Å²) >= 11 is 0. The van der Waals surface area contributed by atoms with Crippen LogP contribution in [0.1, 0.15) is 53.6 Å². The summed E-state index contributed by atoms with van der Waals surface area (Å²) in [6.45, 7) is 9.73. The van der Waals surface area contributed by atoms with E-state index in [2.05, 4.69) is 88.8 Å². The molecule has 1 N–H and O–H groups in total. The number of likely N-dealkylation sites (tertiary alicyclic amines) is 1. The lowest BCUT2D eigenvalue weighted by molar-refractivity contribution is -0.127. The van der Waals surface area contributed by atoms with Gasteiger partial charge in [0.05, 0.1) is 6.04 Å². The summed E-state index contributed by atoms with van der Waals surface area (Å²) in [6.07, 6.45) is 2.98. The number of hydrogen-bond acceptors (Lipinski definition) is 4. The highest BCUT2D eigenvalue weighted by Gasteiger charge is 2.29. The molecule has 2 unspecified atom stereocenters. The molecule has 1 amide bonds. The van der Waals surface area contributed by atoms with E-state index in [1.807, 2.05) is 13.0 Å². The van der Waals surface area contributed by atoms with E-state index < -0.39 is 6.10 Å². The van der Waals surface area contributed by atoms with E-state index in [-0.39, 0.29) is 11.9 Å². The molecule has 1 saturated heterocycles. The van der Waals surface area contributed by atoms with E-state index in [0.29, 0.717) is 6.54 Å². The molecule has 2 atom stereocenters. The van der Waals surface area contributed by atoms with E-state index in [1.54, 1.807) is 0 Å². The summed E-state index contributed by atoms with van der Waals surface area (Å²) in [5.74, 6) is 0.692. The number of aryl methyl sites for hydroxylation is 1. The van der Waals surface area contributed by atoms with Crippen LogP contribution in [0.4, 0.5) is 0 Å². The Bertz CT molecular complexity index is 1190. The fourth-order valence-electron chi connectivity index (χ4n) is 5.70. The number of benzene rings is 3. The summed E-state index contributed by atoms with van der Waals surface area (Å²) < 4.78 is 6.17. The van der Waals surface area contributed by atoms with Gasteiger partial charge in [-0.25, -0.2) is 0 Å². The molecule has 0 bridgehead atoms. The summed E-state index contributed by atoms with van der Waals surface area (Å²) in [6, 6.07) is 26.0. The minimum Gasteiger partial charge on any atom is -0.481 e. The van der Waals surface area contributed by atoms with Gasteiger partial charge in [-0.05, 0) is 80.6 Å². The van der Waals surface area contributed by atoms with Crippen LogP contribution in [0.25, 0.3) is 0 Å². The monoisotopic (exact) mass is 497 g/mol. The van der Waals surface area contributed by atoms with Gasteiger partial charge in [-0.1, -0.05) is 66.2 Å². The Balaban J connectivity index is 1.32. The number of carbonyl (C=O) groups is 1. The van der Waals surface area contributed by atoms with Crippen LogP contribution in [0.3, 0.4) is 0 Å². The number of hydrogen-bond donors (Lipinski definition) is 1. The number of carbonyl (C=O) groups excluding carboxylic acids is 1. The van der Waals surface area contributed by atoms with E-state index in [0.717, 1.165) is 44.9 Å². The lowest BCUT2D eigenvalue weighted by atomic mass is 9.87. The normalized spacial score (nSPS) is 18.8. The quantitative estimate of drug-likeness (QED) is 0.446. The number of fused-ring (bicyclic) bond motifs is 1. The predicted octanol–water partition coefficient (Wildman–Crippen LogP) is 5.12. The Hall–Kier alpha value is -3.15. The molecule has 3 aromatic carbocycles. The second-order valence-corrected chi connectivity index (χ2v) is 10.5. The van der Waals surface area contributed by atoms with Crippen molar-refractivity contribution >= 4 is 5.91 Å². The predicted molar refractivity (Wildman–Crippen MR) is 149 cm³/mol. The third kappa shape index (κ3) is 6.41. The molecule has 3 aromatic rings. The zero-order valence-electron chi connectivity index (χ0n) is 22.2. The third-order valence-corrected chi connectivity index (χ3v) is 7.64. The lowest BCUT2D eigenvalue weighted by Crippen LogP contribution is -2.40. The molecular weight excluding hydrogens is 458 g/mol. The van der Waals surface area contributed by atoms with Crippen molar-refractivity contribution in [2.75, 3.05) is 32.7 Å². The smallest absolute Gasteiger partial charge is 0.260 e. The van der Waals surface area contributed by atoms with Crippen molar-refractivity contribution in [3.8, 4) is 5.75 Å². The molecule has 2 heterocycles. The SMILES string of the molecule is Cc1cccc(CN2CCc3ccc(OC(C)C(=O)NCCN4CCCC4)cc3C2c2ccccc2)c1. The van der Waals surface area contributed by atoms with Crippen molar-refractivity contribution in [1.29, 1.82) is 0 Å². The maximum Gasteiger partial charge on any atom is 0.260 e. The maximum absolute atomic E-state index is 12.7. The largest absolute Gasteiger partial charge is 0.481 e. The summed E-state index contributed by atoms with van der Waals surface area (Å²) in [4.78, 5) is 17.7. The van der Waals surface area contributed by atoms with Gasteiger partial charge in [0.1, 0.15) is 5.75 Å². The average molecular weight is 498 g/mol. The van der Waals surface area contributed by atoms with Crippen molar-refractivity contribution in [3.63, 3.8) is 0 Å². The van der Waals surface area contributed by atoms with Crippen LogP contribution < -0.4 is 10.1 Å². The summed E-state index contributed by atoms with van der Waals surface area (Å²) in [7, 11) is 0. The zero-order chi connectivity index (χ0) is 25.6. The molecule has 0 saturated carbocycles. The summed E-state index contributed by atoms with van der Waals surface area (Å²) in [5.41, 5.74) is 6.51. The lowest BCUT2D eigenvalue weighted by Gasteiger charge is -2.38. The second kappa shape index (κ2) is 11.9. The number of amides is 1. The Morgan fingerprint density at radius 3 is 2.59 bits per heavy atom. The van der Waals surface area contributed by atoms with Crippen molar-refractivity contribution < 1.29 is 9.53 Å². The van der Waals surface area contributed by atoms with Crippen molar-refractivity contribution in [2.45, 2.75) is 51.8 Å². The number of nitrogens with zero attached hydrogens (tertiary/aromatic N) is 2. The van der Waals surface area contributed by atoms with Crippen molar-refractivity contribution in [3.05, 3.63) is 101 Å². The van der Waals surface area contributed by atoms with E-state index in [9.17, 15) is 4.79 Å². The van der Waals surface area contributed by atoms with Gasteiger partial charge in [0.15, 0.2) is 6.10 Å². The van der Waals surface area contributed by atoms with Gasteiger partial charge >= 0.3 is 0 Å². The number of nitrogens with one attached hydrogen (secondary N) is 1. The maximum atomic E-state index is 12.7. The van der Waals surface area contributed by atoms with Crippen LogP contribution in [0.2, 0.25) is 0 Å². The second-order valence-electron chi connectivity index (χ2n) is 10.5. The van der Waals surface area contributed by atoms with Crippen molar-refractivity contribution in [1.82, 2.24) is 15.1 Å². The highest BCUT2D eigenvalue weighted by molar-refractivity contribution is 5.80. The van der Waals surface area contributed by atoms with Gasteiger partial charge in [-0.15, -0.1) is 0 Å². The standard InChI is InChI=1S/C32H39N3O2/c1-24-9-8-10-26(21-24)23-35-19-15-27-13-14-29(22-30(27)31(35)28-11-4-3-5-12-28)37-25(2)32(36)33-16-20-34-17-6-7-18-34/h3-5,8-14,21-22,25,31H,6-7,15-20,23H2,1-2H3,(H,33,36). The Labute approximate surface area is 221 Å². The first-order valence-corrected chi connectivity index (χ1v) is 13.7. The Morgan fingerprint density at radius 1 is 1.00 bits per heavy atom. The molecule has 194 valence electrons. The molecule has 2 aliphatic heterocycles. The molecule has 0 spiro atoms. The van der Waals surface area contributed by atoms with Crippen LogP contribution in [0.15, 0.2) is 72.8 Å². The van der Waals surface area contributed by atoms with Crippen LogP contribution in [-0.2, 0) is 17.8 Å². The number of ether oxygens (including phenoxy) is 1. The fraction of sp³-hybridized carbons (Fsp3) is 0.406. The molecule has 2 aliphatic rings. The summed E-state index contributed by atoms with van der Waals surface area (Å²) in [5, 5.41) is 3.05. The first-order chi connectivity index (χ1) is 18.1. The molecule has 0 aliphatic carbocycles. The molecule has 5 rings (SSSR count). The molecule has 37 heavy (non-hydrogen) atoms. The van der Waals surface area contributed by atoms with Gasteiger partial charge in [0.2, 0.25) is 0 Å². The van der Waals surface area contributed by atoms with Gasteiger partial charge in [0, 0.05) is 26.2 Å². The van der Waals surface area contributed by atoms with Gasteiger partial charge in [-0.2, -0.15) is 0 Å². The van der Waals surface area contributed by atoms with E-state index >= 15 is 0 Å². The molecule has 1 fully saturated rings. The van der Waals surface area contributed by atoms with Crippen LogP contribution in [0.5, 0.6) is 5.75 Å². The molecule has 0 aromatic heterocycles. The molecule has 0 radical (unpaired) electrons. The Morgan fingerprint density at radius 2 is 1.81 bits per heavy atom. The van der Waals surface area contributed by atoms with Gasteiger partial charge < -0.3 is 15.0 Å². The van der Waals surface area contributed by atoms with Gasteiger partial charge in [-0.3, -0.25) is 9.69 Å². The number of rotatable bonds is 9. The van der Waals surface area contributed by atoms with Crippen molar-refractivity contribution in [2.24, 2.45) is 0 Å². The molecular formula is C32H39N3O2. The minimum atomic E-state index is -0.543. The Kier molecular flexibility index (Phi) is 8.22. The van der Waals surface area contributed by atoms with E-state index in [1.165, 1.54) is 40.7 Å². The van der Waals surface area contributed by atoms with Crippen LogP contribution >= 0.6 is 0 Å². The molecule has 5 nitrogen and oxygen atoms in total. The first kappa shape index (κ1) is 25.5. The minimum absolute atomic E-state index is 0.0578. The molecule has 5 heteroatoms. The highest BCUT2D eigenvalue weighted by Crippen LogP contribution is 2.38. The van der Waals surface area contributed by atoms with Gasteiger partial charge in [0.25, 0.3) is 5.91 Å². The van der Waals surface area contributed by atoms with Crippen LogP contribution in [0, 0.1) is 6.92 Å². The van der Waals surface area contributed by atoms with Crippen LogP contribution in [-0.4, -0.2) is 54.5 Å². The highest BCUT2D eigenvalue weighted by atomic mass is 16.5. The van der Waals surface area contributed by atoms with E-state index in [4.69, 9.17) is 4.74 Å². The fourth-order valence-corrected chi connectivity index (χ4v) is 5.70. The third-order valence-electron chi connectivity index (χ3n) is 7.64. The zero-order valence-corrected chi connectivity index (χ0v) is 22.2.